The van der Waals surface area contributed by atoms with E-state index in [1.807, 2.05) is 0 Å². The van der Waals surface area contributed by atoms with E-state index in [9.17, 15) is 0 Å². The molecule has 0 aromatic carbocycles. The van der Waals surface area contributed by atoms with Crippen molar-refractivity contribution in [2.24, 2.45) is 23.7 Å². The Hall–Kier alpha value is 0. The monoisotopic (exact) mass is 124 g/mol. The van der Waals surface area contributed by atoms with Crippen LogP contribution in [-0.2, 0) is 0 Å². The Kier molecular flexibility index (Phi) is 1.12. The molecule has 0 aromatic heterocycles. The van der Waals surface area contributed by atoms with E-state index >= 15 is 0 Å². The highest BCUT2D eigenvalue weighted by molar-refractivity contribution is 5.13. The minimum atomic E-state index is 1.05. The lowest BCUT2D eigenvalue weighted by Crippen LogP contribution is -2.02. The van der Waals surface area contributed by atoms with Crippen LogP contribution in [0.5, 0.6) is 0 Å². The van der Waals surface area contributed by atoms with Crippen LogP contribution in [0.2, 0.25) is 0 Å². The third kappa shape index (κ3) is 0.798. The van der Waals surface area contributed by atoms with Crippen molar-refractivity contribution in [2.45, 2.75) is 33.1 Å². The van der Waals surface area contributed by atoms with Gasteiger partial charge in [0.25, 0.3) is 0 Å². The summed E-state index contributed by atoms with van der Waals surface area (Å²) in [5.74, 6) is 4.67. The van der Waals surface area contributed by atoms with E-state index in [-0.39, 0.29) is 0 Å². The van der Waals surface area contributed by atoms with E-state index in [1.54, 1.807) is 6.42 Å². The van der Waals surface area contributed by atoms with Crippen molar-refractivity contribution in [3.63, 3.8) is 0 Å². The fourth-order valence-electron chi connectivity index (χ4n) is 2.32. The molecule has 0 amide bonds. The maximum absolute atomic E-state index is 2.43. The molecule has 3 unspecified atom stereocenters. The fraction of sp³-hybridized carbons (Fsp3) is 1.00. The minimum absolute atomic E-state index is 1.05. The Morgan fingerprint density at radius 1 is 1.44 bits per heavy atom. The Balaban J connectivity index is 1.72. The lowest BCUT2D eigenvalue weighted by molar-refractivity contribution is 0.387. The van der Waals surface area contributed by atoms with Crippen LogP contribution in [0.25, 0.3) is 0 Å². The van der Waals surface area contributed by atoms with Crippen LogP contribution in [0.15, 0.2) is 0 Å². The van der Waals surface area contributed by atoms with Gasteiger partial charge in [-0.3, -0.25) is 0 Å². The molecule has 0 saturated heterocycles. The second-order valence-electron chi connectivity index (χ2n) is 3.91. The van der Waals surface area contributed by atoms with Gasteiger partial charge in [-0.15, -0.1) is 0 Å². The molecule has 9 heavy (non-hydrogen) atoms. The van der Waals surface area contributed by atoms with Crippen LogP contribution >= 0.6 is 0 Å². The smallest absolute Gasteiger partial charge is 0.0326 e. The van der Waals surface area contributed by atoms with Crippen molar-refractivity contribution in [1.82, 2.24) is 0 Å². The van der Waals surface area contributed by atoms with Gasteiger partial charge in [0.1, 0.15) is 0 Å². The molecule has 0 bridgehead atoms. The van der Waals surface area contributed by atoms with E-state index in [4.69, 9.17) is 0 Å². The van der Waals surface area contributed by atoms with Crippen molar-refractivity contribution in [2.75, 3.05) is 0 Å². The van der Waals surface area contributed by atoms with Crippen LogP contribution in [-0.4, -0.2) is 0 Å². The van der Waals surface area contributed by atoms with Gasteiger partial charge in [-0.2, -0.15) is 0 Å². The summed E-state index contributed by atoms with van der Waals surface area (Å²) in [5, 5.41) is 0. The number of fused-ring (bicyclic) bond motifs is 1. The summed E-state index contributed by atoms with van der Waals surface area (Å²) in [7, 11) is 0. The minimum Gasteiger partial charge on any atom is -0.0654 e. The normalized spacial score (nSPS) is 48.0. The molecule has 2 rings (SSSR count). The third-order valence-corrected chi connectivity index (χ3v) is 3.14. The Morgan fingerprint density at radius 3 is 2.44 bits per heavy atom. The predicted molar refractivity (Wildman–Crippen MR) is 39.2 cm³/mol. The highest BCUT2D eigenvalue weighted by Gasteiger charge is 2.65. The zero-order valence-electron chi connectivity index (χ0n) is 6.43. The van der Waals surface area contributed by atoms with Crippen LogP contribution in [0.1, 0.15) is 33.1 Å². The van der Waals surface area contributed by atoms with Crippen LogP contribution in [0.4, 0.5) is 0 Å². The standard InChI is InChI=1S/C9H16/c1-3-4-6(2)9-7-5-8(7)9/h6-9H,3-5H2,1-2H3. The molecule has 0 N–H and O–H groups in total. The molecular formula is C9H16. The largest absolute Gasteiger partial charge is 0.0654 e. The van der Waals surface area contributed by atoms with Crippen LogP contribution in [0, 0.1) is 23.7 Å². The summed E-state index contributed by atoms with van der Waals surface area (Å²) in [5.41, 5.74) is 0. The summed E-state index contributed by atoms with van der Waals surface area (Å²) in [4.78, 5) is 0. The summed E-state index contributed by atoms with van der Waals surface area (Å²) < 4.78 is 0. The van der Waals surface area contributed by atoms with E-state index in [0.717, 1.165) is 5.92 Å². The second kappa shape index (κ2) is 1.74. The molecule has 2 saturated carbocycles. The first kappa shape index (κ1) is 5.76. The van der Waals surface area contributed by atoms with Gasteiger partial charge in [0, 0.05) is 0 Å². The zero-order chi connectivity index (χ0) is 6.43. The van der Waals surface area contributed by atoms with E-state index in [1.165, 1.54) is 30.6 Å². The molecule has 0 heterocycles. The lowest BCUT2D eigenvalue weighted by atomic mass is 9.94. The first-order valence-corrected chi connectivity index (χ1v) is 4.34. The van der Waals surface area contributed by atoms with Gasteiger partial charge in [0.2, 0.25) is 0 Å². The van der Waals surface area contributed by atoms with Crippen molar-refractivity contribution < 1.29 is 0 Å². The van der Waals surface area contributed by atoms with Gasteiger partial charge in [-0.1, -0.05) is 26.7 Å². The van der Waals surface area contributed by atoms with E-state index < -0.39 is 0 Å². The lowest BCUT2D eigenvalue weighted by Gasteiger charge is -2.11. The summed E-state index contributed by atoms with van der Waals surface area (Å²) in [6, 6.07) is 0. The van der Waals surface area contributed by atoms with Crippen LogP contribution in [0.3, 0.4) is 0 Å². The van der Waals surface area contributed by atoms with Gasteiger partial charge in [0.05, 0.1) is 0 Å². The van der Waals surface area contributed by atoms with Gasteiger partial charge in [0.15, 0.2) is 0 Å². The Labute approximate surface area is 57.6 Å². The molecule has 3 atom stereocenters. The summed E-state index contributed by atoms with van der Waals surface area (Å²) in [6.07, 6.45) is 4.44. The zero-order valence-corrected chi connectivity index (χ0v) is 6.43. The van der Waals surface area contributed by atoms with Gasteiger partial charge < -0.3 is 0 Å². The molecule has 2 aliphatic carbocycles. The maximum Gasteiger partial charge on any atom is -0.0326 e. The highest BCUT2D eigenvalue weighted by Crippen LogP contribution is 2.71. The first-order chi connectivity index (χ1) is 4.34. The average Bonchev–Trinajstić information content (AvgIpc) is 2.46. The number of rotatable bonds is 3. The molecule has 2 fully saturated rings. The fourth-order valence-corrected chi connectivity index (χ4v) is 2.32. The van der Waals surface area contributed by atoms with Gasteiger partial charge in [-0.25, -0.2) is 0 Å². The topological polar surface area (TPSA) is 0 Å². The number of hydrogen-bond donors (Lipinski definition) is 0. The number of hydrogen-bond acceptors (Lipinski definition) is 0. The van der Waals surface area contributed by atoms with Crippen LogP contribution < -0.4 is 0 Å². The van der Waals surface area contributed by atoms with Crippen molar-refractivity contribution in [1.29, 1.82) is 0 Å². The van der Waals surface area contributed by atoms with Crippen molar-refractivity contribution in [3.8, 4) is 0 Å². The molecular weight excluding hydrogens is 108 g/mol. The van der Waals surface area contributed by atoms with Gasteiger partial charge >= 0.3 is 0 Å². The molecule has 0 radical (unpaired) electrons. The highest BCUT2D eigenvalue weighted by atomic mass is 14.7. The van der Waals surface area contributed by atoms with E-state index in [0.29, 0.717) is 0 Å². The maximum atomic E-state index is 2.43. The molecule has 0 aromatic rings. The molecule has 2 aliphatic rings. The third-order valence-electron chi connectivity index (χ3n) is 3.14. The SMILES string of the molecule is CCCC(C)C1C2CC21. The Morgan fingerprint density at radius 2 is 2.11 bits per heavy atom. The summed E-state index contributed by atoms with van der Waals surface area (Å²) in [6.45, 7) is 4.73. The molecule has 0 heteroatoms. The molecule has 0 aliphatic heterocycles. The Bertz CT molecular complexity index is 109. The van der Waals surface area contributed by atoms with Crippen molar-refractivity contribution >= 4 is 0 Å². The predicted octanol–water partition coefficient (Wildman–Crippen LogP) is 2.69. The average molecular weight is 124 g/mol. The molecule has 52 valence electrons. The van der Waals surface area contributed by atoms with Gasteiger partial charge in [-0.05, 0) is 30.1 Å². The quantitative estimate of drug-likeness (QED) is 0.542. The first-order valence-electron chi connectivity index (χ1n) is 4.34. The van der Waals surface area contributed by atoms with Crippen molar-refractivity contribution in [3.05, 3.63) is 0 Å². The molecule has 0 nitrogen and oxygen atoms in total. The molecule has 0 spiro atoms. The summed E-state index contributed by atoms with van der Waals surface area (Å²) >= 11 is 0. The second-order valence-corrected chi connectivity index (χ2v) is 3.91. The van der Waals surface area contributed by atoms with E-state index in [2.05, 4.69) is 13.8 Å².